The van der Waals surface area contributed by atoms with Gasteiger partial charge >= 0.3 is 0 Å². The van der Waals surface area contributed by atoms with E-state index in [9.17, 15) is 0 Å². The van der Waals surface area contributed by atoms with Crippen molar-refractivity contribution in [3.8, 4) is 6.07 Å². The SMILES string of the molecule is N#CCC(Nc1ccc(Br)c(Cl)c1)c1ccccc1. The van der Waals surface area contributed by atoms with Crippen molar-refractivity contribution in [2.45, 2.75) is 12.5 Å². The lowest BCUT2D eigenvalue weighted by Gasteiger charge is -2.18. The van der Waals surface area contributed by atoms with Crippen LogP contribution in [0.15, 0.2) is 53.0 Å². The smallest absolute Gasteiger partial charge is 0.0647 e. The second-order valence-electron chi connectivity index (χ2n) is 4.10. The molecule has 1 N–H and O–H groups in total. The number of benzene rings is 2. The average molecular weight is 336 g/mol. The van der Waals surface area contributed by atoms with Crippen LogP contribution in [0.3, 0.4) is 0 Å². The van der Waals surface area contributed by atoms with Crippen molar-refractivity contribution < 1.29 is 0 Å². The van der Waals surface area contributed by atoms with E-state index in [1.165, 1.54) is 0 Å². The van der Waals surface area contributed by atoms with E-state index in [2.05, 4.69) is 27.3 Å². The lowest BCUT2D eigenvalue weighted by atomic mass is 10.0. The van der Waals surface area contributed by atoms with Crippen LogP contribution in [0.2, 0.25) is 5.02 Å². The molecule has 0 aromatic heterocycles. The lowest BCUT2D eigenvalue weighted by Crippen LogP contribution is -2.10. The third kappa shape index (κ3) is 3.73. The molecule has 2 rings (SSSR count). The topological polar surface area (TPSA) is 35.8 Å². The van der Waals surface area contributed by atoms with Gasteiger partial charge < -0.3 is 5.32 Å². The minimum absolute atomic E-state index is 0.0385. The quantitative estimate of drug-likeness (QED) is 0.836. The van der Waals surface area contributed by atoms with Crippen LogP contribution in [0.4, 0.5) is 5.69 Å². The van der Waals surface area contributed by atoms with E-state index in [4.69, 9.17) is 16.9 Å². The minimum Gasteiger partial charge on any atom is -0.377 e. The molecule has 1 unspecified atom stereocenters. The molecule has 0 aliphatic carbocycles. The van der Waals surface area contributed by atoms with Gasteiger partial charge in [0.05, 0.1) is 23.6 Å². The second kappa shape index (κ2) is 6.60. The Balaban J connectivity index is 2.22. The minimum atomic E-state index is -0.0385. The molecule has 0 heterocycles. The molecular formula is C15H12BrClN2. The summed E-state index contributed by atoms with van der Waals surface area (Å²) in [5, 5.41) is 12.9. The van der Waals surface area contributed by atoms with Gasteiger partial charge in [0.1, 0.15) is 0 Å². The largest absolute Gasteiger partial charge is 0.377 e. The fraction of sp³-hybridized carbons (Fsp3) is 0.133. The van der Waals surface area contributed by atoms with Gasteiger partial charge in [0.15, 0.2) is 0 Å². The number of nitriles is 1. The van der Waals surface area contributed by atoms with Gasteiger partial charge in [0, 0.05) is 10.2 Å². The van der Waals surface area contributed by atoms with Crippen molar-refractivity contribution in [2.75, 3.05) is 5.32 Å². The van der Waals surface area contributed by atoms with Crippen molar-refractivity contribution >= 4 is 33.2 Å². The number of hydrogen-bond acceptors (Lipinski definition) is 2. The zero-order valence-electron chi connectivity index (χ0n) is 10.1. The molecule has 96 valence electrons. The van der Waals surface area contributed by atoms with Crippen LogP contribution in [0.1, 0.15) is 18.0 Å². The van der Waals surface area contributed by atoms with Crippen molar-refractivity contribution in [1.29, 1.82) is 5.26 Å². The van der Waals surface area contributed by atoms with Crippen molar-refractivity contribution in [1.82, 2.24) is 0 Å². The van der Waals surface area contributed by atoms with E-state index in [1.54, 1.807) is 0 Å². The molecule has 0 spiro atoms. The highest BCUT2D eigenvalue weighted by Gasteiger charge is 2.11. The van der Waals surface area contributed by atoms with Gasteiger partial charge in [-0.25, -0.2) is 0 Å². The number of nitrogens with zero attached hydrogens (tertiary/aromatic N) is 1. The van der Waals surface area contributed by atoms with Crippen molar-refractivity contribution in [3.63, 3.8) is 0 Å². The molecule has 0 saturated carbocycles. The summed E-state index contributed by atoms with van der Waals surface area (Å²) in [4.78, 5) is 0. The van der Waals surface area contributed by atoms with Gasteiger partial charge in [-0.2, -0.15) is 5.26 Å². The van der Waals surface area contributed by atoms with Gasteiger partial charge in [0.25, 0.3) is 0 Å². The zero-order chi connectivity index (χ0) is 13.7. The molecule has 2 aromatic rings. The maximum absolute atomic E-state index is 8.95. The van der Waals surface area contributed by atoms with Crippen LogP contribution in [-0.4, -0.2) is 0 Å². The van der Waals surface area contributed by atoms with Crippen LogP contribution < -0.4 is 5.32 Å². The summed E-state index contributed by atoms with van der Waals surface area (Å²) in [6, 6.07) is 17.8. The van der Waals surface area contributed by atoms with Crippen LogP contribution in [-0.2, 0) is 0 Å². The molecular weight excluding hydrogens is 324 g/mol. The Morgan fingerprint density at radius 3 is 2.58 bits per heavy atom. The summed E-state index contributed by atoms with van der Waals surface area (Å²) < 4.78 is 0.858. The summed E-state index contributed by atoms with van der Waals surface area (Å²) in [5.41, 5.74) is 1.99. The van der Waals surface area contributed by atoms with Gasteiger partial charge in [-0.3, -0.25) is 0 Å². The second-order valence-corrected chi connectivity index (χ2v) is 5.36. The number of nitrogens with one attached hydrogen (secondary N) is 1. The molecule has 0 amide bonds. The van der Waals surface area contributed by atoms with E-state index < -0.39 is 0 Å². The molecule has 4 heteroatoms. The number of anilines is 1. The molecule has 1 atom stereocenters. The first-order valence-electron chi connectivity index (χ1n) is 5.84. The predicted molar refractivity (Wildman–Crippen MR) is 82.2 cm³/mol. The Hall–Kier alpha value is -1.50. The molecule has 0 saturated heterocycles. The third-order valence-corrected chi connectivity index (χ3v) is 3.99. The van der Waals surface area contributed by atoms with Gasteiger partial charge in [0.2, 0.25) is 0 Å². The van der Waals surface area contributed by atoms with Crippen LogP contribution >= 0.6 is 27.5 Å². The predicted octanol–water partition coefficient (Wildman–Crippen LogP) is 5.17. The van der Waals surface area contributed by atoms with Gasteiger partial charge in [-0.1, -0.05) is 41.9 Å². The molecule has 0 aliphatic heterocycles. The Kier molecular flexibility index (Phi) is 4.84. The molecule has 19 heavy (non-hydrogen) atoms. The number of halogens is 2. The normalized spacial score (nSPS) is 11.6. The Bertz CT molecular complexity index is 593. The van der Waals surface area contributed by atoms with E-state index in [-0.39, 0.29) is 6.04 Å². The van der Waals surface area contributed by atoms with Crippen LogP contribution in [0.5, 0.6) is 0 Å². The molecule has 0 aliphatic rings. The summed E-state index contributed by atoms with van der Waals surface area (Å²) in [6.07, 6.45) is 0.400. The summed E-state index contributed by atoms with van der Waals surface area (Å²) in [5.74, 6) is 0. The highest BCUT2D eigenvalue weighted by molar-refractivity contribution is 9.10. The summed E-state index contributed by atoms with van der Waals surface area (Å²) in [6.45, 7) is 0. The monoisotopic (exact) mass is 334 g/mol. The lowest BCUT2D eigenvalue weighted by molar-refractivity contribution is 0.806. The fourth-order valence-corrected chi connectivity index (χ4v) is 2.24. The number of rotatable bonds is 4. The molecule has 0 bridgehead atoms. The Morgan fingerprint density at radius 1 is 1.21 bits per heavy atom. The third-order valence-electron chi connectivity index (χ3n) is 2.76. The van der Waals surface area contributed by atoms with Gasteiger partial charge in [-0.15, -0.1) is 0 Å². The summed E-state index contributed by atoms with van der Waals surface area (Å²) in [7, 11) is 0. The maximum atomic E-state index is 8.95. The first-order chi connectivity index (χ1) is 9.20. The first kappa shape index (κ1) is 13.9. The Morgan fingerprint density at radius 2 is 1.95 bits per heavy atom. The van der Waals surface area contributed by atoms with Crippen molar-refractivity contribution in [3.05, 3.63) is 63.6 Å². The van der Waals surface area contributed by atoms with Gasteiger partial charge in [-0.05, 0) is 39.7 Å². The highest BCUT2D eigenvalue weighted by atomic mass is 79.9. The molecule has 0 fully saturated rings. The van der Waals surface area contributed by atoms with Crippen LogP contribution in [0.25, 0.3) is 0 Å². The van der Waals surface area contributed by atoms with E-state index >= 15 is 0 Å². The zero-order valence-corrected chi connectivity index (χ0v) is 12.4. The first-order valence-corrected chi connectivity index (χ1v) is 7.01. The van der Waals surface area contributed by atoms with E-state index in [0.29, 0.717) is 11.4 Å². The standard InChI is InChI=1S/C15H12BrClN2/c16-13-7-6-12(10-14(13)17)19-15(8-9-18)11-4-2-1-3-5-11/h1-7,10,15,19H,8H2. The molecule has 0 radical (unpaired) electrons. The highest BCUT2D eigenvalue weighted by Crippen LogP contribution is 2.28. The fourth-order valence-electron chi connectivity index (χ4n) is 1.82. The maximum Gasteiger partial charge on any atom is 0.0647 e. The van der Waals surface area contributed by atoms with E-state index in [0.717, 1.165) is 15.7 Å². The molecule has 2 aromatic carbocycles. The molecule has 2 nitrogen and oxygen atoms in total. The van der Waals surface area contributed by atoms with Crippen LogP contribution in [0, 0.1) is 11.3 Å². The summed E-state index contributed by atoms with van der Waals surface area (Å²) >= 11 is 9.43. The van der Waals surface area contributed by atoms with Crippen molar-refractivity contribution in [2.24, 2.45) is 0 Å². The van der Waals surface area contributed by atoms with E-state index in [1.807, 2.05) is 48.5 Å². The average Bonchev–Trinajstić information content (AvgIpc) is 2.43. The Labute approximate surface area is 126 Å². The number of hydrogen-bond donors (Lipinski definition) is 1.